The number of nitrogens with zero attached hydrogens (tertiary/aromatic N) is 1. The van der Waals surface area contributed by atoms with Gasteiger partial charge < -0.3 is 20.4 Å². The van der Waals surface area contributed by atoms with Crippen molar-refractivity contribution < 1.29 is 9.21 Å². The maximum Gasteiger partial charge on any atom is 0.251 e. The number of rotatable bonds is 8. The molecule has 1 aromatic carbocycles. The highest BCUT2D eigenvalue weighted by molar-refractivity contribution is 14.0. The Hall–Kier alpha value is -2.03. The number of carbonyl (C=O) groups is 1. The number of carbonyl (C=O) groups excluding carboxylic acids is 1. The molecule has 0 spiro atoms. The number of nitrogens with one attached hydrogen (secondary N) is 3. The lowest BCUT2D eigenvalue weighted by Gasteiger charge is -2.11. The van der Waals surface area contributed by atoms with Gasteiger partial charge in [0, 0.05) is 25.7 Å². The highest BCUT2D eigenvalue weighted by Gasteiger charge is 2.05. The number of hydrogen-bond acceptors (Lipinski definition) is 3. The summed E-state index contributed by atoms with van der Waals surface area (Å²) < 4.78 is 5.28. The molecule has 142 valence electrons. The lowest BCUT2D eigenvalue weighted by atomic mass is 10.1. The number of unbranched alkanes of at least 4 members (excludes halogenated alkanes) is 1. The molecular weight excluding hydrogens is 443 g/mol. The molecule has 1 amide bonds. The molecule has 6 nitrogen and oxygen atoms in total. The molecule has 26 heavy (non-hydrogen) atoms. The monoisotopic (exact) mass is 470 g/mol. The number of guanidine groups is 1. The molecule has 0 aliphatic heterocycles. The van der Waals surface area contributed by atoms with Crippen LogP contribution < -0.4 is 16.0 Å². The third kappa shape index (κ3) is 7.47. The summed E-state index contributed by atoms with van der Waals surface area (Å²) in [5.41, 5.74) is 1.76. The van der Waals surface area contributed by atoms with Gasteiger partial charge in [-0.2, -0.15) is 0 Å². The van der Waals surface area contributed by atoms with Crippen LogP contribution in [-0.4, -0.2) is 25.5 Å². The van der Waals surface area contributed by atoms with Gasteiger partial charge in [0.1, 0.15) is 5.76 Å². The summed E-state index contributed by atoms with van der Waals surface area (Å²) in [5, 5.41) is 9.33. The van der Waals surface area contributed by atoms with E-state index in [1.807, 2.05) is 36.4 Å². The molecular formula is C19H27IN4O2. The maximum atomic E-state index is 12.0. The number of amides is 1. The first-order valence-corrected chi connectivity index (χ1v) is 8.57. The van der Waals surface area contributed by atoms with Crippen molar-refractivity contribution in [1.29, 1.82) is 0 Å². The van der Waals surface area contributed by atoms with Crippen molar-refractivity contribution in [1.82, 2.24) is 16.0 Å². The summed E-state index contributed by atoms with van der Waals surface area (Å²) in [4.78, 5) is 16.2. The Kier molecular flexibility index (Phi) is 10.5. The van der Waals surface area contributed by atoms with Crippen LogP contribution in [0.15, 0.2) is 52.1 Å². The van der Waals surface area contributed by atoms with Crippen LogP contribution in [0.3, 0.4) is 0 Å². The molecule has 0 unspecified atom stereocenters. The first-order valence-electron chi connectivity index (χ1n) is 8.57. The number of hydrogen-bond donors (Lipinski definition) is 3. The molecule has 0 radical (unpaired) electrons. The van der Waals surface area contributed by atoms with Gasteiger partial charge in [-0.15, -0.1) is 24.0 Å². The molecule has 2 rings (SSSR count). The van der Waals surface area contributed by atoms with Crippen LogP contribution in [0.5, 0.6) is 0 Å². The van der Waals surface area contributed by atoms with E-state index >= 15 is 0 Å². The van der Waals surface area contributed by atoms with Crippen LogP contribution in [0.2, 0.25) is 0 Å². The van der Waals surface area contributed by atoms with Crippen molar-refractivity contribution in [2.45, 2.75) is 32.9 Å². The summed E-state index contributed by atoms with van der Waals surface area (Å²) in [6.45, 7) is 4.01. The SMILES string of the molecule is CCCCNC(=O)c1ccc(CNC(=NC)NCc2ccco2)cc1.I. The minimum Gasteiger partial charge on any atom is -0.467 e. The second-order valence-corrected chi connectivity index (χ2v) is 5.67. The smallest absolute Gasteiger partial charge is 0.251 e. The predicted molar refractivity (Wildman–Crippen MR) is 115 cm³/mol. The van der Waals surface area contributed by atoms with Crippen molar-refractivity contribution in [2.75, 3.05) is 13.6 Å². The fourth-order valence-corrected chi connectivity index (χ4v) is 2.25. The van der Waals surface area contributed by atoms with Gasteiger partial charge in [0.2, 0.25) is 0 Å². The molecule has 1 heterocycles. The summed E-state index contributed by atoms with van der Waals surface area (Å²) in [5.74, 6) is 1.52. The van der Waals surface area contributed by atoms with E-state index < -0.39 is 0 Å². The highest BCUT2D eigenvalue weighted by atomic mass is 127. The van der Waals surface area contributed by atoms with Crippen LogP contribution in [0.4, 0.5) is 0 Å². The van der Waals surface area contributed by atoms with Gasteiger partial charge >= 0.3 is 0 Å². The van der Waals surface area contributed by atoms with Gasteiger partial charge in [-0.1, -0.05) is 25.5 Å². The van der Waals surface area contributed by atoms with E-state index in [1.54, 1.807) is 13.3 Å². The molecule has 2 aromatic rings. The molecule has 0 aliphatic rings. The Morgan fingerprint density at radius 2 is 1.81 bits per heavy atom. The average molecular weight is 470 g/mol. The van der Waals surface area contributed by atoms with Crippen molar-refractivity contribution in [3.05, 3.63) is 59.5 Å². The Bertz CT molecular complexity index is 669. The van der Waals surface area contributed by atoms with Crippen LogP contribution in [0.1, 0.15) is 41.4 Å². The minimum absolute atomic E-state index is 0. The fraction of sp³-hybridized carbons (Fsp3) is 0.368. The Morgan fingerprint density at radius 1 is 1.08 bits per heavy atom. The van der Waals surface area contributed by atoms with Gasteiger partial charge in [-0.05, 0) is 36.2 Å². The average Bonchev–Trinajstić information content (AvgIpc) is 3.16. The van der Waals surface area contributed by atoms with Crippen LogP contribution >= 0.6 is 24.0 Å². The molecule has 0 atom stereocenters. The van der Waals surface area contributed by atoms with E-state index in [1.165, 1.54) is 0 Å². The zero-order valence-electron chi connectivity index (χ0n) is 15.2. The standard InChI is InChI=1S/C19H26N4O2.HI/c1-3-4-11-21-18(24)16-9-7-15(8-10-16)13-22-19(20-2)23-14-17-6-5-12-25-17;/h5-10,12H,3-4,11,13-14H2,1-2H3,(H,21,24)(H2,20,22,23);1H. The van der Waals surface area contributed by atoms with Gasteiger partial charge in [-0.3, -0.25) is 9.79 Å². The molecule has 0 fully saturated rings. The maximum absolute atomic E-state index is 12.0. The van der Waals surface area contributed by atoms with E-state index in [2.05, 4.69) is 27.9 Å². The molecule has 7 heteroatoms. The van der Waals surface area contributed by atoms with Crippen LogP contribution in [0, 0.1) is 0 Å². The van der Waals surface area contributed by atoms with Gasteiger partial charge in [-0.25, -0.2) is 0 Å². The van der Waals surface area contributed by atoms with E-state index in [9.17, 15) is 4.79 Å². The van der Waals surface area contributed by atoms with Crippen LogP contribution in [0.25, 0.3) is 0 Å². The van der Waals surface area contributed by atoms with Gasteiger partial charge in [0.05, 0.1) is 12.8 Å². The first kappa shape index (κ1) is 22.0. The summed E-state index contributed by atoms with van der Waals surface area (Å²) in [6, 6.07) is 11.3. The number of benzene rings is 1. The van der Waals surface area contributed by atoms with E-state index in [0.717, 1.165) is 30.7 Å². The van der Waals surface area contributed by atoms with Crippen molar-refractivity contribution in [2.24, 2.45) is 4.99 Å². The van der Waals surface area contributed by atoms with E-state index in [-0.39, 0.29) is 29.9 Å². The van der Waals surface area contributed by atoms with Crippen molar-refractivity contribution >= 4 is 35.8 Å². The van der Waals surface area contributed by atoms with E-state index in [0.29, 0.717) is 24.6 Å². The largest absolute Gasteiger partial charge is 0.467 e. The lowest BCUT2D eigenvalue weighted by Crippen LogP contribution is -2.36. The zero-order valence-corrected chi connectivity index (χ0v) is 17.6. The molecule has 0 saturated carbocycles. The zero-order chi connectivity index (χ0) is 17.9. The second-order valence-electron chi connectivity index (χ2n) is 5.67. The third-order valence-corrected chi connectivity index (χ3v) is 3.73. The Balaban J connectivity index is 0.00000338. The Labute approximate surface area is 171 Å². The number of aliphatic imine (C=N–C) groups is 1. The summed E-state index contributed by atoms with van der Waals surface area (Å²) in [6.07, 6.45) is 3.71. The lowest BCUT2D eigenvalue weighted by molar-refractivity contribution is 0.0953. The van der Waals surface area contributed by atoms with Gasteiger partial charge in [0.15, 0.2) is 5.96 Å². The molecule has 0 bridgehead atoms. The minimum atomic E-state index is -0.0242. The van der Waals surface area contributed by atoms with Crippen LogP contribution in [-0.2, 0) is 13.1 Å². The highest BCUT2D eigenvalue weighted by Crippen LogP contribution is 2.05. The normalized spacial score (nSPS) is 10.8. The first-order chi connectivity index (χ1) is 12.2. The number of furan rings is 1. The molecule has 0 aliphatic carbocycles. The molecule has 0 saturated heterocycles. The number of halogens is 1. The summed E-state index contributed by atoms with van der Waals surface area (Å²) in [7, 11) is 1.72. The topological polar surface area (TPSA) is 78.7 Å². The Morgan fingerprint density at radius 3 is 2.42 bits per heavy atom. The third-order valence-electron chi connectivity index (χ3n) is 3.73. The quantitative estimate of drug-likeness (QED) is 0.240. The molecule has 3 N–H and O–H groups in total. The van der Waals surface area contributed by atoms with Gasteiger partial charge in [0.25, 0.3) is 5.91 Å². The predicted octanol–water partition coefficient (Wildman–Crippen LogP) is 3.29. The summed E-state index contributed by atoms with van der Waals surface area (Å²) >= 11 is 0. The molecule has 1 aromatic heterocycles. The fourth-order valence-electron chi connectivity index (χ4n) is 2.25. The van der Waals surface area contributed by atoms with E-state index in [4.69, 9.17) is 4.42 Å². The second kappa shape index (κ2) is 12.3. The van der Waals surface area contributed by atoms with Crippen molar-refractivity contribution in [3.63, 3.8) is 0 Å². The van der Waals surface area contributed by atoms with Crippen molar-refractivity contribution in [3.8, 4) is 0 Å².